The van der Waals surface area contributed by atoms with Gasteiger partial charge in [0.05, 0.1) is 0 Å². The van der Waals surface area contributed by atoms with E-state index in [1.807, 2.05) is 23.5 Å². The number of hydrogen-bond acceptors (Lipinski definition) is 2. The Morgan fingerprint density at radius 2 is 2.08 bits per heavy atom. The van der Waals surface area contributed by atoms with Gasteiger partial charge in [-0.2, -0.15) is 0 Å². The van der Waals surface area contributed by atoms with E-state index in [0.717, 1.165) is 5.69 Å². The first-order valence-corrected chi connectivity index (χ1v) is 3.80. The normalized spacial score (nSPS) is 12.1. The summed E-state index contributed by atoms with van der Waals surface area (Å²) in [7, 11) is 0. The second kappa shape index (κ2) is 4.44. The Morgan fingerprint density at radius 3 is 2.62 bits per heavy atom. The van der Waals surface area contributed by atoms with Crippen LogP contribution in [-0.2, 0) is 0 Å². The van der Waals surface area contributed by atoms with Crippen LogP contribution in [0.3, 0.4) is 0 Å². The highest BCUT2D eigenvalue weighted by atomic mass is 16.3. The summed E-state index contributed by atoms with van der Waals surface area (Å²) in [5.74, 6) is 0. The summed E-state index contributed by atoms with van der Waals surface area (Å²) in [5, 5.41) is 14.4. The van der Waals surface area contributed by atoms with Crippen molar-refractivity contribution in [1.82, 2.24) is 5.32 Å². The Kier molecular flexibility index (Phi) is 3.24. The van der Waals surface area contributed by atoms with Crippen LogP contribution in [0, 0.1) is 0 Å². The summed E-state index contributed by atoms with van der Waals surface area (Å²) in [6.07, 6.45) is -1.29. The minimum atomic E-state index is -1.29. The Labute approximate surface area is 75.6 Å². The summed E-state index contributed by atoms with van der Waals surface area (Å²) in [6.45, 7) is 0. The third-order valence-corrected chi connectivity index (χ3v) is 1.43. The van der Waals surface area contributed by atoms with Crippen LogP contribution < -0.4 is 21.5 Å². The van der Waals surface area contributed by atoms with Gasteiger partial charge in [-0.05, 0) is 12.1 Å². The maximum absolute atomic E-state index is 11.0. The maximum Gasteiger partial charge on any atom is 0.315 e. The minimum absolute atomic E-state index is 0.760. The van der Waals surface area contributed by atoms with E-state index in [9.17, 15) is 9.90 Å². The highest BCUT2D eigenvalue weighted by Gasteiger charge is 2.00. The number of para-hydroxylation sites is 1. The van der Waals surface area contributed by atoms with Crippen molar-refractivity contribution in [3.05, 3.63) is 30.3 Å². The van der Waals surface area contributed by atoms with Gasteiger partial charge in [0.1, 0.15) is 12.0 Å². The van der Waals surface area contributed by atoms with Crippen LogP contribution >= 0.6 is 0 Å². The minimum Gasteiger partial charge on any atom is -0.788 e. The number of nitrogens with one attached hydrogen (secondary N) is 1. The Hall–Kier alpha value is -1.59. The molecule has 0 saturated heterocycles. The fraction of sp³-hybridized carbons (Fsp3) is 0.125. The molecule has 0 aliphatic rings. The third kappa shape index (κ3) is 3.55. The summed E-state index contributed by atoms with van der Waals surface area (Å²) in [5.41, 5.74) is 5.54. The molecule has 1 aromatic rings. The van der Waals surface area contributed by atoms with E-state index in [2.05, 4.69) is 0 Å². The number of carbonyl (C=O) groups excluding carboxylic acids is 1. The number of primary amides is 1. The predicted molar refractivity (Wildman–Crippen MR) is 44.5 cm³/mol. The Balaban J connectivity index is 2.45. The number of amides is 2. The van der Waals surface area contributed by atoms with Gasteiger partial charge in [0.15, 0.2) is 0 Å². The van der Waals surface area contributed by atoms with E-state index >= 15 is 0 Å². The van der Waals surface area contributed by atoms with Gasteiger partial charge in [0.2, 0.25) is 0 Å². The van der Waals surface area contributed by atoms with Gasteiger partial charge in [-0.15, -0.1) is 0 Å². The first-order chi connectivity index (χ1) is 6.18. The van der Waals surface area contributed by atoms with Gasteiger partial charge in [0.25, 0.3) is 0 Å². The number of nitrogens with two attached hydrogens (primary N) is 2. The molecule has 5 heteroatoms. The fourth-order valence-corrected chi connectivity index (χ4v) is 0.921. The van der Waals surface area contributed by atoms with Crippen LogP contribution in [-0.4, -0.2) is 12.4 Å². The molecule has 0 aliphatic heterocycles. The number of carbonyl (C=O) groups is 1. The molecular weight excluding hydrogens is 170 g/mol. The number of quaternary nitrogens is 1. The lowest BCUT2D eigenvalue weighted by Gasteiger charge is -2.19. The van der Waals surface area contributed by atoms with Crippen molar-refractivity contribution in [1.29, 1.82) is 0 Å². The van der Waals surface area contributed by atoms with Crippen molar-refractivity contribution in [3.8, 4) is 0 Å². The van der Waals surface area contributed by atoms with Gasteiger partial charge >= 0.3 is 6.03 Å². The molecule has 1 rings (SSSR count). The largest absolute Gasteiger partial charge is 0.788 e. The molecule has 70 valence electrons. The van der Waals surface area contributed by atoms with Crippen LogP contribution in [0.2, 0.25) is 0 Å². The molecular formula is C8H11N3O2. The lowest BCUT2D eigenvalue weighted by Crippen LogP contribution is -2.93. The quantitative estimate of drug-likeness (QED) is 0.379. The van der Waals surface area contributed by atoms with Gasteiger partial charge in [-0.25, -0.2) is 4.79 Å². The third-order valence-electron chi connectivity index (χ3n) is 1.43. The zero-order valence-electron chi connectivity index (χ0n) is 6.94. The molecule has 2 amide bonds. The molecule has 0 radical (unpaired) electrons. The van der Waals surface area contributed by atoms with E-state index in [0.29, 0.717) is 0 Å². The van der Waals surface area contributed by atoms with Gasteiger partial charge < -0.3 is 21.5 Å². The second-order valence-corrected chi connectivity index (χ2v) is 2.51. The first kappa shape index (κ1) is 9.50. The molecule has 0 spiro atoms. The van der Waals surface area contributed by atoms with Crippen molar-refractivity contribution < 1.29 is 15.2 Å². The predicted octanol–water partition coefficient (Wildman–Crippen LogP) is -1.81. The average Bonchev–Trinajstić information content (AvgIpc) is 2.04. The molecule has 0 bridgehead atoms. The molecule has 0 fully saturated rings. The number of urea groups is 1. The van der Waals surface area contributed by atoms with Crippen molar-refractivity contribution in [2.75, 3.05) is 0 Å². The Morgan fingerprint density at radius 1 is 1.46 bits per heavy atom. The molecule has 5 nitrogen and oxygen atoms in total. The van der Waals surface area contributed by atoms with E-state index in [1.165, 1.54) is 5.32 Å². The van der Waals surface area contributed by atoms with Gasteiger partial charge in [-0.1, -0.05) is 18.2 Å². The number of hydrogen-bond donors (Lipinski definition) is 3. The molecule has 5 N–H and O–H groups in total. The molecule has 1 atom stereocenters. The highest BCUT2D eigenvalue weighted by molar-refractivity contribution is 5.71. The molecule has 0 heterocycles. The number of benzene rings is 1. The maximum atomic E-state index is 11.0. The van der Waals surface area contributed by atoms with Crippen LogP contribution in [0.25, 0.3) is 0 Å². The van der Waals surface area contributed by atoms with Crippen LogP contribution in [0.5, 0.6) is 0 Å². The van der Waals surface area contributed by atoms with Crippen LogP contribution in [0.4, 0.5) is 10.5 Å². The summed E-state index contributed by atoms with van der Waals surface area (Å²) in [6, 6.07) is 8.19. The number of rotatable bonds is 3. The zero-order valence-corrected chi connectivity index (χ0v) is 6.94. The topological polar surface area (TPSA) is 94.8 Å². The van der Waals surface area contributed by atoms with E-state index in [-0.39, 0.29) is 0 Å². The molecule has 13 heavy (non-hydrogen) atoms. The first-order valence-electron chi connectivity index (χ1n) is 3.80. The van der Waals surface area contributed by atoms with Gasteiger partial charge in [-0.3, -0.25) is 0 Å². The van der Waals surface area contributed by atoms with Crippen molar-refractivity contribution >= 4 is 11.7 Å². The zero-order chi connectivity index (χ0) is 9.68. The van der Waals surface area contributed by atoms with Gasteiger partial charge in [0, 0.05) is 0 Å². The van der Waals surface area contributed by atoms with E-state index in [1.54, 1.807) is 12.1 Å². The van der Waals surface area contributed by atoms with Crippen molar-refractivity contribution in [2.45, 2.75) is 6.35 Å². The summed E-state index contributed by atoms with van der Waals surface area (Å²) >= 11 is 0. The SMILES string of the molecule is NC(=O)NC([O-])[NH2+]c1ccccc1. The molecule has 1 unspecified atom stereocenters. The van der Waals surface area contributed by atoms with E-state index < -0.39 is 12.4 Å². The molecule has 0 aliphatic carbocycles. The second-order valence-electron chi connectivity index (χ2n) is 2.51. The standard InChI is InChI=1S/C8H10N3O2/c9-7(12)11-8(13)10-6-4-2-1-3-5-6/h1-5,8,10H,(H3,9,11,12)/q-1/p+1. The lowest BCUT2D eigenvalue weighted by molar-refractivity contribution is -0.767. The van der Waals surface area contributed by atoms with Crippen LogP contribution in [0.15, 0.2) is 30.3 Å². The highest BCUT2D eigenvalue weighted by Crippen LogP contribution is 1.95. The molecule has 0 saturated carbocycles. The average molecular weight is 181 g/mol. The molecule has 1 aromatic carbocycles. The van der Waals surface area contributed by atoms with Crippen molar-refractivity contribution in [3.63, 3.8) is 0 Å². The summed E-state index contributed by atoms with van der Waals surface area (Å²) < 4.78 is 0. The Bertz CT molecular complexity index is 276. The van der Waals surface area contributed by atoms with Crippen molar-refractivity contribution in [2.24, 2.45) is 5.73 Å². The van der Waals surface area contributed by atoms with E-state index in [4.69, 9.17) is 5.73 Å². The summed E-state index contributed by atoms with van der Waals surface area (Å²) in [4.78, 5) is 10.3. The molecule has 0 aromatic heterocycles. The fourth-order valence-electron chi connectivity index (χ4n) is 0.921. The monoisotopic (exact) mass is 181 g/mol. The smallest absolute Gasteiger partial charge is 0.315 e. The lowest BCUT2D eigenvalue weighted by atomic mass is 10.3. The van der Waals surface area contributed by atoms with Crippen LogP contribution in [0.1, 0.15) is 0 Å².